The molecule has 0 bridgehead atoms. The van der Waals surface area contributed by atoms with Crippen LogP contribution in [0.2, 0.25) is 0 Å². The maximum absolute atomic E-state index is 11.9. The number of pyridine rings is 1. The second kappa shape index (κ2) is 10.6. The van der Waals surface area contributed by atoms with E-state index < -0.39 is 0 Å². The summed E-state index contributed by atoms with van der Waals surface area (Å²) in [5, 5.41) is 4.77. The molecular formula is C25H30N4O2S. The van der Waals surface area contributed by atoms with Gasteiger partial charge in [-0.25, -0.2) is 14.8 Å². The van der Waals surface area contributed by atoms with Crippen LogP contribution >= 0.6 is 11.3 Å². The number of hydrogen-bond donors (Lipinski definition) is 1. The molecule has 1 aromatic carbocycles. The van der Waals surface area contributed by atoms with Crippen molar-refractivity contribution in [3.63, 3.8) is 0 Å². The Labute approximate surface area is 193 Å². The average Bonchev–Trinajstić information content (AvgIpc) is 3.36. The van der Waals surface area contributed by atoms with E-state index in [1.54, 1.807) is 5.51 Å². The molecule has 1 saturated heterocycles. The Hall–Kier alpha value is -2.93. The Morgan fingerprint density at radius 1 is 1.19 bits per heavy atom. The van der Waals surface area contributed by atoms with Crippen LogP contribution in [0.15, 0.2) is 53.4 Å². The van der Waals surface area contributed by atoms with Crippen molar-refractivity contribution >= 4 is 23.2 Å². The first-order valence-corrected chi connectivity index (χ1v) is 12.1. The van der Waals surface area contributed by atoms with Crippen molar-refractivity contribution in [3.8, 4) is 11.3 Å². The van der Waals surface area contributed by atoms with Crippen LogP contribution in [0.5, 0.6) is 0 Å². The third-order valence-electron chi connectivity index (χ3n) is 5.92. The van der Waals surface area contributed by atoms with Crippen LogP contribution in [-0.4, -0.2) is 35.7 Å². The summed E-state index contributed by atoms with van der Waals surface area (Å²) in [4.78, 5) is 23.3. The van der Waals surface area contributed by atoms with Crippen LogP contribution in [-0.2, 0) is 11.3 Å². The van der Waals surface area contributed by atoms with Gasteiger partial charge in [0, 0.05) is 30.6 Å². The zero-order chi connectivity index (χ0) is 22.3. The quantitative estimate of drug-likeness (QED) is 0.517. The lowest BCUT2D eigenvalue weighted by atomic mass is 9.97. The number of hydrogen-bond acceptors (Lipinski definition) is 6. The van der Waals surface area contributed by atoms with Gasteiger partial charge in [0.1, 0.15) is 12.4 Å². The van der Waals surface area contributed by atoms with Crippen molar-refractivity contribution in [1.82, 2.24) is 15.3 Å². The largest absolute Gasteiger partial charge is 0.443 e. The molecule has 7 heteroatoms. The monoisotopic (exact) mass is 450 g/mol. The minimum Gasteiger partial charge on any atom is -0.443 e. The highest BCUT2D eigenvalue weighted by Gasteiger charge is 2.21. The van der Waals surface area contributed by atoms with Gasteiger partial charge in [-0.1, -0.05) is 44.2 Å². The number of aromatic nitrogens is 2. The Balaban J connectivity index is 1.26. The SMILES string of the molecule is CC(C)c1ccc(-c2cccc(N3CCC(CNC(=O)OCc4cscn4)CC3)n2)cc1. The highest BCUT2D eigenvalue weighted by atomic mass is 32.1. The van der Waals surface area contributed by atoms with E-state index in [2.05, 4.69) is 71.5 Å². The summed E-state index contributed by atoms with van der Waals surface area (Å²) in [6.45, 7) is 7.14. The van der Waals surface area contributed by atoms with Crippen LogP contribution < -0.4 is 10.2 Å². The maximum atomic E-state index is 11.9. The minimum absolute atomic E-state index is 0.218. The van der Waals surface area contributed by atoms with E-state index in [9.17, 15) is 4.79 Å². The Morgan fingerprint density at radius 2 is 1.97 bits per heavy atom. The number of anilines is 1. The highest BCUT2D eigenvalue weighted by molar-refractivity contribution is 7.07. The van der Waals surface area contributed by atoms with Gasteiger partial charge >= 0.3 is 6.09 Å². The van der Waals surface area contributed by atoms with Crippen LogP contribution in [0.3, 0.4) is 0 Å². The van der Waals surface area contributed by atoms with Gasteiger partial charge in [-0.15, -0.1) is 11.3 Å². The van der Waals surface area contributed by atoms with E-state index in [1.165, 1.54) is 16.9 Å². The molecule has 1 amide bonds. The van der Waals surface area contributed by atoms with Crippen molar-refractivity contribution < 1.29 is 9.53 Å². The van der Waals surface area contributed by atoms with Crippen molar-refractivity contribution in [1.29, 1.82) is 0 Å². The molecule has 1 aliphatic heterocycles. The molecule has 0 unspecified atom stereocenters. The Morgan fingerprint density at radius 3 is 2.66 bits per heavy atom. The summed E-state index contributed by atoms with van der Waals surface area (Å²) in [5.41, 5.74) is 6.00. The second-order valence-electron chi connectivity index (χ2n) is 8.52. The number of nitrogens with zero attached hydrogens (tertiary/aromatic N) is 3. The number of thiazole rings is 1. The third kappa shape index (κ3) is 5.85. The molecule has 1 fully saturated rings. The standard InChI is InChI=1S/C25H30N4O2S/c1-18(2)20-6-8-21(9-7-20)23-4-3-5-24(28-23)29-12-10-19(11-13-29)14-26-25(30)31-15-22-16-32-17-27-22/h3-9,16-19H,10-15H2,1-2H3,(H,26,30). The summed E-state index contributed by atoms with van der Waals surface area (Å²) in [5.74, 6) is 1.99. The first kappa shape index (κ1) is 22.3. The zero-order valence-corrected chi connectivity index (χ0v) is 19.5. The highest BCUT2D eigenvalue weighted by Crippen LogP contribution is 2.26. The maximum Gasteiger partial charge on any atom is 0.407 e. The molecule has 0 aliphatic carbocycles. The number of nitrogens with one attached hydrogen (secondary N) is 1. The van der Waals surface area contributed by atoms with E-state index in [0.717, 1.165) is 48.7 Å². The summed E-state index contributed by atoms with van der Waals surface area (Å²) >= 11 is 1.49. The van der Waals surface area contributed by atoms with Crippen LogP contribution in [0.25, 0.3) is 11.3 Å². The lowest BCUT2D eigenvalue weighted by Gasteiger charge is -2.33. The van der Waals surface area contributed by atoms with Crippen LogP contribution in [0.4, 0.5) is 10.6 Å². The zero-order valence-electron chi connectivity index (χ0n) is 18.7. The number of benzene rings is 1. The number of carbonyl (C=O) groups excluding carboxylic acids is 1. The van der Waals surface area contributed by atoms with Gasteiger partial charge in [0.15, 0.2) is 0 Å². The summed E-state index contributed by atoms with van der Waals surface area (Å²) in [6, 6.07) is 14.9. The number of alkyl carbamates (subject to hydrolysis) is 1. The molecule has 0 radical (unpaired) electrons. The van der Waals surface area contributed by atoms with Gasteiger partial charge in [0.05, 0.1) is 16.9 Å². The first-order chi connectivity index (χ1) is 15.6. The lowest BCUT2D eigenvalue weighted by Crippen LogP contribution is -2.39. The predicted molar refractivity (Wildman–Crippen MR) is 129 cm³/mol. The fraction of sp³-hybridized carbons (Fsp3) is 0.400. The average molecular weight is 451 g/mol. The Bertz CT molecular complexity index is 997. The summed E-state index contributed by atoms with van der Waals surface area (Å²) in [6.07, 6.45) is 1.65. The first-order valence-electron chi connectivity index (χ1n) is 11.2. The van der Waals surface area contributed by atoms with E-state index >= 15 is 0 Å². The molecule has 3 aromatic rings. The molecule has 6 nitrogen and oxygen atoms in total. The van der Waals surface area contributed by atoms with Gasteiger partial charge in [-0.2, -0.15) is 0 Å². The van der Waals surface area contributed by atoms with Gasteiger partial charge in [0.25, 0.3) is 0 Å². The smallest absolute Gasteiger partial charge is 0.407 e. The topological polar surface area (TPSA) is 67.4 Å². The van der Waals surface area contributed by atoms with Gasteiger partial charge < -0.3 is 15.0 Å². The molecule has 2 aromatic heterocycles. The fourth-order valence-corrected chi connectivity index (χ4v) is 4.44. The Kier molecular flexibility index (Phi) is 7.37. The molecule has 32 heavy (non-hydrogen) atoms. The summed E-state index contributed by atoms with van der Waals surface area (Å²) < 4.78 is 5.22. The van der Waals surface area contributed by atoms with Gasteiger partial charge in [0.2, 0.25) is 0 Å². The lowest BCUT2D eigenvalue weighted by molar-refractivity contribution is 0.136. The predicted octanol–water partition coefficient (Wildman–Crippen LogP) is 5.47. The molecule has 4 rings (SSSR count). The van der Waals surface area contributed by atoms with Gasteiger partial charge in [-0.3, -0.25) is 0 Å². The molecule has 1 N–H and O–H groups in total. The third-order valence-corrected chi connectivity index (χ3v) is 6.55. The molecule has 0 spiro atoms. The van der Waals surface area contributed by atoms with Crippen LogP contribution in [0.1, 0.15) is 43.9 Å². The van der Waals surface area contributed by atoms with Gasteiger partial charge in [-0.05, 0) is 42.4 Å². The van der Waals surface area contributed by atoms with E-state index in [1.807, 2.05) is 5.38 Å². The molecule has 0 saturated carbocycles. The second-order valence-corrected chi connectivity index (χ2v) is 9.24. The number of piperidine rings is 1. The van der Waals surface area contributed by atoms with Crippen molar-refractivity contribution in [3.05, 3.63) is 64.6 Å². The molecule has 0 atom stereocenters. The number of amides is 1. The van der Waals surface area contributed by atoms with E-state index in [4.69, 9.17) is 9.72 Å². The normalized spacial score (nSPS) is 14.5. The molecular weight excluding hydrogens is 420 g/mol. The minimum atomic E-state index is -0.377. The van der Waals surface area contributed by atoms with Crippen molar-refractivity contribution in [2.24, 2.45) is 5.92 Å². The van der Waals surface area contributed by atoms with Crippen molar-refractivity contribution in [2.45, 2.75) is 39.2 Å². The summed E-state index contributed by atoms with van der Waals surface area (Å²) in [7, 11) is 0. The van der Waals surface area contributed by atoms with Crippen LogP contribution in [0, 0.1) is 5.92 Å². The number of rotatable bonds is 7. The molecule has 3 heterocycles. The van der Waals surface area contributed by atoms with Crippen molar-refractivity contribution in [2.75, 3.05) is 24.5 Å². The van der Waals surface area contributed by atoms with E-state index in [0.29, 0.717) is 18.4 Å². The molecule has 1 aliphatic rings. The van der Waals surface area contributed by atoms with E-state index in [-0.39, 0.29) is 12.7 Å². The number of carbonyl (C=O) groups is 1. The molecule has 168 valence electrons. The fourth-order valence-electron chi connectivity index (χ4n) is 3.89. The number of ether oxygens (including phenoxy) is 1.